The lowest BCUT2D eigenvalue weighted by atomic mass is 9.93. The predicted molar refractivity (Wildman–Crippen MR) is 161 cm³/mol. The second kappa shape index (κ2) is 12.5. The number of rotatable bonds is 10. The fourth-order valence-electron chi connectivity index (χ4n) is 4.26. The van der Waals surface area contributed by atoms with Gasteiger partial charge >= 0.3 is 0 Å². The average molecular weight is 561 g/mol. The van der Waals surface area contributed by atoms with Crippen LogP contribution in [0.25, 0.3) is 11.3 Å². The van der Waals surface area contributed by atoms with Crippen LogP contribution in [-0.2, 0) is 22.6 Å². The number of halogens is 1. The molecule has 8 heteroatoms. The highest BCUT2D eigenvalue weighted by Crippen LogP contribution is 2.29. The van der Waals surface area contributed by atoms with Crippen molar-refractivity contribution < 1.29 is 9.59 Å². The Balaban J connectivity index is 1.62. The lowest BCUT2D eigenvalue weighted by Gasteiger charge is -2.39. The number of benzene rings is 3. The number of amides is 2. The van der Waals surface area contributed by atoms with Gasteiger partial charge in [-0.15, -0.1) is 11.3 Å². The second-order valence-electron chi connectivity index (χ2n) is 9.80. The van der Waals surface area contributed by atoms with Crippen molar-refractivity contribution in [3.05, 3.63) is 99.8 Å². The van der Waals surface area contributed by atoms with E-state index in [4.69, 9.17) is 16.6 Å². The number of carbonyl (C=O) groups excluding carboxylic acids is 2. The van der Waals surface area contributed by atoms with E-state index in [9.17, 15) is 9.59 Å². The molecule has 0 saturated carbocycles. The van der Waals surface area contributed by atoms with Gasteiger partial charge in [0, 0.05) is 41.4 Å². The lowest BCUT2D eigenvalue weighted by molar-refractivity contribution is -0.145. The van der Waals surface area contributed by atoms with Crippen molar-refractivity contribution in [2.75, 3.05) is 24.3 Å². The molecule has 1 heterocycles. The number of hydrogen-bond acceptors (Lipinski definition) is 5. The van der Waals surface area contributed by atoms with Gasteiger partial charge < -0.3 is 15.1 Å². The van der Waals surface area contributed by atoms with Crippen LogP contribution in [0.1, 0.15) is 30.8 Å². The molecule has 4 rings (SSSR count). The van der Waals surface area contributed by atoms with E-state index >= 15 is 0 Å². The van der Waals surface area contributed by atoms with Crippen LogP contribution in [0, 0.1) is 0 Å². The Bertz CT molecular complexity index is 1400. The molecule has 0 saturated heterocycles. The molecule has 39 heavy (non-hydrogen) atoms. The Kier molecular flexibility index (Phi) is 9.04. The van der Waals surface area contributed by atoms with Crippen LogP contribution < -0.4 is 10.2 Å². The smallest absolute Gasteiger partial charge is 0.250 e. The summed E-state index contributed by atoms with van der Waals surface area (Å²) in [4.78, 5) is 36.1. The van der Waals surface area contributed by atoms with Gasteiger partial charge in [0.15, 0.2) is 0 Å². The molecule has 3 aromatic carbocycles. The number of nitrogens with zero attached hydrogens (tertiary/aromatic N) is 3. The highest BCUT2D eigenvalue weighted by atomic mass is 35.5. The van der Waals surface area contributed by atoms with Gasteiger partial charge in [-0.25, -0.2) is 4.98 Å². The first-order chi connectivity index (χ1) is 18.7. The zero-order valence-electron chi connectivity index (χ0n) is 22.6. The van der Waals surface area contributed by atoms with Gasteiger partial charge in [0.1, 0.15) is 10.5 Å². The molecule has 0 aliphatic heterocycles. The van der Waals surface area contributed by atoms with E-state index in [0.717, 1.165) is 27.5 Å². The SMILES string of the molecule is CCC(C)(C(=O)Nc1ccc(N(C)C)cc1)N(Cc1nc(-c2ccc(Cl)cc2)cs1)C(=O)Cc1ccccc1. The third-order valence-corrected chi connectivity index (χ3v) is 7.98. The van der Waals surface area contributed by atoms with E-state index in [1.165, 1.54) is 11.3 Å². The molecular formula is C31H33ClN4O2S. The van der Waals surface area contributed by atoms with Gasteiger partial charge in [0.25, 0.3) is 0 Å². The molecule has 1 atom stereocenters. The van der Waals surface area contributed by atoms with Crippen molar-refractivity contribution >= 4 is 46.1 Å². The summed E-state index contributed by atoms with van der Waals surface area (Å²) in [6.07, 6.45) is 0.626. The van der Waals surface area contributed by atoms with Crippen molar-refractivity contribution in [2.24, 2.45) is 0 Å². The Morgan fingerprint density at radius 2 is 1.64 bits per heavy atom. The van der Waals surface area contributed by atoms with Gasteiger partial charge in [-0.2, -0.15) is 0 Å². The summed E-state index contributed by atoms with van der Waals surface area (Å²) in [7, 11) is 3.93. The standard InChI is InChI=1S/C31H33ClN4O2S/c1-5-31(2,30(38)33-25-15-17-26(18-16-25)35(3)4)36(29(37)19-22-9-7-6-8-10-22)20-28-34-27(21-39-28)23-11-13-24(32)14-12-23/h6-18,21H,5,19-20H2,1-4H3,(H,33,38). The Hall–Kier alpha value is -3.68. The maximum Gasteiger partial charge on any atom is 0.250 e. The zero-order chi connectivity index (χ0) is 28.0. The van der Waals surface area contributed by atoms with Gasteiger partial charge in [-0.05, 0) is 55.3 Å². The highest BCUT2D eigenvalue weighted by molar-refractivity contribution is 7.09. The van der Waals surface area contributed by atoms with E-state index in [1.54, 1.807) is 4.90 Å². The number of hydrogen-bond donors (Lipinski definition) is 1. The van der Waals surface area contributed by atoms with Crippen molar-refractivity contribution in [1.82, 2.24) is 9.88 Å². The predicted octanol–water partition coefficient (Wildman–Crippen LogP) is 6.91. The van der Waals surface area contributed by atoms with Crippen molar-refractivity contribution in [2.45, 2.75) is 38.8 Å². The van der Waals surface area contributed by atoms with E-state index in [2.05, 4.69) is 5.32 Å². The van der Waals surface area contributed by atoms with Gasteiger partial charge in [-0.3, -0.25) is 9.59 Å². The zero-order valence-corrected chi connectivity index (χ0v) is 24.2. The molecule has 0 fully saturated rings. The van der Waals surface area contributed by atoms with Crippen LogP contribution in [0.4, 0.5) is 11.4 Å². The quantitative estimate of drug-likeness (QED) is 0.229. The monoisotopic (exact) mass is 560 g/mol. The van der Waals surface area contributed by atoms with Crippen LogP contribution in [0.3, 0.4) is 0 Å². The first-order valence-corrected chi connectivity index (χ1v) is 14.1. The molecule has 1 aromatic heterocycles. The number of carbonyl (C=O) groups is 2. The van der Waals surface area contributed by atoms with Gasteiger partial charge in [-0.1, -0.05) is 61.0 Å². The molecule has 1 N–H and O–H groups in total. The number of anilines is 2. The molecule has 0 spiro atoms. The summed E-state index contributed by atoms with van der Waals surface area (Å²) in [5.74, 6) is -0.370. The Morgan fingerprint density at radius 3 is 2.26 bits per heavy atom. The van der Waals surface area contributed by atoms with Crippen LogP contribution in [0.2, 0.25) is 5.02 Å². The molecule has 6 nitrogen and oxygen atoms in total. The molecule has 0 aliphatic rings. The maximum absolute atomic E-state index is 13.8. The number of aromatic nitrogens is 1. The van der Waals surface area contributed by atoms with Crippen molar-refractivity contribution in [1.29, 1.82) is 0 Å². The summed E-state index contributed by atoms with van der Waals surface area (Å²) >= 11 is 7.52. The largest absolute Gasteiger partial charge is 0.378 e. The minimum atomic E-state index is -1.10. The molecule has 0 aliphatic carbocycles. The molecule has 202 valence electrons. The Labute approximate surface area is 239 Å². The van der Waals surface area contributed by atoms with Crippen molar-refractivity contribution in [3.8, 4) is 11.3 Å². The van der Waals surface area contributed by atoms with Crippen molar-refractivity contribution in [3.63, 3.8) is 0 Å². The fourth-order valence-corrected chi connectivity index (χ4v) is 5.18. The van der Waals surface area contributed by atoms with E-state index in [-0.39, 0.29) is 24.8 Å². The molecule has 1 unspecified atom stereocenters. The molecule has 2 amide bonds. The van der Waals surface area contributed by atoms with Crippen LogP contribution >= 0.6 is 22.9 Å². The highest BCUT2D eigenvalue weighted by Gasteiger charge is 2.41. The summed E-state index contributed by atoms with van der Waals surface area (Å²) in [6, 6.07) is 24.7. The second-order valence-corrected chi connectivity index (χ2v) is 11.2. The lowest BCUT2D eigenvalue weighted by Crippen LogP contribution is -2.56. The average Bonchev–Trinajstić information content (AvgIpc) is 3.41. The fraction of sp³-hybridized carbons (Fsp3) is 0.258. The summed E-state index contributed by atoms with van der Waals surface area (Å²) in [5, 5.41) is 6.42. The van der Waals surface area contributed by atoms with Gasteiger partial charge in [0.05, 0.1) is 18.7 Å². The molecule has 0 bridgehead atoms. The Morgan fingerprint density at radius 1 is 0.974 bits per heavy atom. The normalized spacial score (nSPS) is 12.4. The van der Waals surface area contributed by atoms with Crippen LogP contribution in [0.5, 0.6) is 0 Å². The maximum atomic E-state index is 13.8. The number of thiazole rings is 1. The third-order valence-electron chi connectivity index (χ3n) is 6.90. The van der Waals surface area contributed by atoms with E-state index in [1.807, 2.05) is 117 Å². The molecule has 0 radical (unpaired) electrons. The summed E-state index contributed by atoms with van der Waals surface area (Å²) < 4.78 is 0. The summed E-state index contributed by atoms with van der Waals surface area (Å²) in [5.41, 5.74) is 3.27. The molecule has 4 aromatic rings. The van der Waals surface area contributed by atoms with Gasteiger partial charge in [0.2, 0.25) is 11.8 Å². The van der Waals surface area contributed by atoms with Crippen LogP contribution in [-0.4, -0.2) is 41.3 Å². The molecular weight excluding hydrogens is 528 g/mol. The topological polar surface area (TPSA) is 65.5 Å². The summed E-state index contributed by atoms with van der Waals surface area (Å²) in [6.45, 7) is 3.98. The minimum Gasteiger partial charge on any atom is -0.378 e. The first-order valence-electron chi connectivity index (χ1n) is 12.8. The van der Waals surface area contributed by atoms with E-state index in [0.29, 0.717) is 17.1 Å². The number of nitrogens with one attached hydrogen (secondary N) is 1. The van der Waals surface area contributed by atoms with E-state index < -0.39 is 5.54 Å². The van der Waals surface area contributed by atoms with Crippen LogP contribution in [0.15, 0.2) is 84.2 Å². The minimum absolute atomic E-state index is 0.133. The third kappa shape index (κ3) is 6.85. The first kappa shape index (κ1) is 28.3.